The van der Waals surface area contributed by atoms with Crippen LogP contribution in [0.1, 0.15) is 85.8 Å². The van der Waals surface area contributed by atoms with Gasteiger partial charge in [-0.05, 0) is 73.6 Å². The van der Waals surface area contributed by atoms with E-state index in [2.05, 4.69) is 46.6 Å². The van der Waals surface area contributed by atoms with Crippen LogP contribution in [0.2, 0.25) is 0 Å². The second-order valence-electron chi connectivity index (χ2n) is 14.3. The van der Waals surface area contributed by atoms with Crippen LogP contribution in [0.15, 0.2) is 84.0 Å². The summed E-state index contributed by atoms with van der Waals surface area (Å²) in [5, 5.41) is 27.4. The predicted molar refractivity (Wildman–Crippen MR) is 197 cm³/mol. The van der Waals surface area contributed by atoms with Gasteiger partial charge in [0.15, 0.2) is 0 Å². The number of carboxylic acid groups (broad SMARTS) is 1. The summed E-state index contributed by atoms with van der Waals surface area (Å²) in [5.41, 5.74) is 4.73. The molecule has 0 fully saturated rings. The highest BCUT2D eigenvalue weighted by molar-refractivity contribution is 8.22. The molecule has 2 atom stereocenters. The average Bonchev–Trinajstić information content (AvgIpc) is 3.73. The van der Waals surface area contributed by atoms with Gasteiger partial charge in [0.05, 0.1) is 49.7 Å². The number of aromatic nitrogens is 6. The third-order valence-corrected chi connectivity index (χ3v) is 11.3. The maximum atomic E-state index is 12.6. The fourth-order valence-electron chi connectivity index (χ4n) is 6.27. The summed E-state index contributed by atoms with van der Waals surface area (Å²) >= 11 is 0. The molecule has 52 heavy (non-hydrogen) atoms. The lowest BCUT2D eigenvalue weighted by atomic mass is 9.81. The second-order valence-corrected chi connectivity index (χ2v) is 16.3. The number of benzene rings is 3. The van der Waals surface area contributed by atoms with E-state index in [4.69, 9.17) is 9.47 Å². The SMILES string of the molecule is Cc1ccc(C(OCc2cn(Cc3cccc(Cn4cc(C(C)C)nn4)c3)nn2)C(C)(C)C(=O)O)cc1CN1CC(C)Oc2ccccc2S1(O)O. The maximum Gasteiger partial charge on any atom is 0.312 e. The van der Waals surface area contributed by atoms with Gasteiger partial charge in [-0.2, -0.15) is 4.31 Å². The average molecular weight is 730 g/mol. The third kappa shape index (κ3) is 8.21. The Bertz CT molecular complexity index is 2030. The number of carbonyl (C=O) groups is 1. The van der Waals surface area contributed by atoms with E-state index >= 15 is 0 Å². The van der Waals surface area contributed by atoms with Crippen LogP contribution in [0, 0.1) is 12.3 Å². The number of nitrogens with zero attached hydrogens (tertiary/aromatic N) is 7. The molecule has 0 saturated heterocycles. The molecule has 0 saturated carbocycles. The molecule has 0 spiro atoms. The van der Waals surface area contributed by atoms with Crippen molar-refractivity contribution in [1.29, 1.82) is 0 Å². The zero-order valence-corrected chi connectivity index (χ0v) is 31.2. The number of hydrogen-bond acceptors (Lipinski definition) is 10. The van der Waals surface area contributed by atoms with Gasteiger partial charge < -0.3 is 14.6 Å². The summed E-state index contributed by atoms with van der Waals surface area (Å²) in [6.07, 6.45) is 2.62. The van der Waals surface area contributed by atoms with E-state index in [-0.39, 0.29) is 25.8 Å². The topological polar surface area (TPSA) is 161 Å². The van der Waals surface area contributed by atoms with Crippen LogP contribution < -0.4 is 4.74 Å². The minimum absolute atomic E-state index is 0.0351. The van der Waals surface area contributed by atoms with Crippen LogP contribution in [0.4, 0.5) is 0 Å². The number of ether oxygens (including phenoxy) is 2. The molecule has 3 aromatic carbocycles. The van der Waals surface area contributed by atoms with Gasteiger partial charge in [-0.3, -0.25) is 13.9 Å². The van der Waals surface area contributed by atoms with Crippen LogP contribution in [0.5, 0.6) is 5.75 Å². The molecule has 13 nitrogen and oxygen atoms in total. The van der Waals surface area contributed by atoms with E-state index in [0.29, 0.717) is 40.9 Å². The summed E-state index contributed by atoms with van der Waals surface area (Å²) in [4.78, 5) is 12.9. The zero-order valence-electron chi connectivity index (χ0n) is 30.4. The van der Waals surface area contributed by atoms with Crippen molar-refractivity contribution in [1.82, 2.24) is 34.3 Å². The van der Waals surface area contributed by atoms with E-state index in [1.54, 1.807) is 53.3 Å². The lowest BCUT2D eigenvalue weighted by Gasteiger charge is -2.42. The van der Waals surface area contributed by atoms with Crippen molar-refractivity contribution in [2.45, 2.75) is 90.8 Å². The van der Waals surface area contributed by atoms with Crippen molar-refractivity contribution in [3.8, 4) is 5.75 Å². The van der Waals surface area contributed by atoms with E-state index < -0.39 is 28.3 Å². The molecule has 3 N–H and O–H groups in total. The van der Waals surface area contributed by atoms with Gasteiger partial charge in [0, 0.05) is 12.7 Å². The Balaban J connectivity index is 1.17. The minimum Gasteiger partial charge on any atom is -0.487 e. The predicted octanol–water partition coefficient (Wildman–Crippen LogP) is 7.07. The number of carboxylic acids is 1. The van der Waals surface area contributed by atoms with Crippen molar-refractivity contribution in [2.24, 2.45) is 5.41 Å². The molecule has 5 aromatic rings. The first-order valence-corrected chi connectivity index (χ1v) is 18.8. The molecular formula is C38H47N7O6S. The van der Waals surface area contributed by atoms with E-state index in [0.717, 1.165) is 27.9 Å². The monoisotopic (exact) mass is 729 g/mol. The molecule has 0 amide bonds. The van der Waals surface area contributed by atoms with Crippen molar-refractivity contribution >= 4 is 16.7 Å². The first-order valence-electron chi connectivity index (χ1n) is 17.3. The van der Waals surface area contributed by atoms with E-state index in [1.165, 1.54) is 0 Å². The molecule has 3 heterocycles. The highest BCUT2D eigenvalue weighted by atomic mass is 32.3. The van der Waals surface area contributed by atoms with Crippen LogP contribution in [0.25, 0.3) is 0 Å². The molecular weight excluding hydrogens is 683 g/mol. The number of hydrogen-bond donors (Lipinski definition) is 3. The Kier molecular flexibility index (Phi) is 10.8. The van der Waals surface area contributed by atoms with Gasteiger partial charge in [0.25, 0.3) is 0 Å². The van der Waals surface area contributed by atoms with Crippen LogP contribution in [-0.2, 0) is 35.8 Å². The molecule has 1 aliphatic heterocycles. The molecule has 14 heteroatoms. The van der Waals surface area contributed by atoms with Crippen molar-refractivity contribution < 1.29 is 28.5 Å². The van der Waals surface area contributed by atoms with Gasteiger partial charge in [0.1, 0.15) is 22.4 Å². The molecule has 276 valence electrons. The Labute approximate surface area is 305 Å². The number of aryl methyl sites for hydroxylation is 1. The highest BCUT2D eigenvalue weighted by Gasteiger charge is 2.40. The normalized spacial score (nSPS) is 17.3. The standard InChI is InChI=1S/C38H47N7O6S/c1-25(2)33-23-44(42-40-33)20-29-11-9-10-28(16-29)19-43-22-32(39-41-43)24-50-36(38(5,6)37(46)47)30-15-14-26(3)31(17-30)21-45-18-27(4)51-34-12-7-8-13-35(34)52(45,48)49/h7-17,22-23,25,27,36,48-49H,18-21,24H2,1-6H3,(H,46,47). The third-order valence-electron chi connectivity index (χ3n) is 9.33. The summed E-state index contributed by atoms with van der Waals surface area (Å²) in [7, 11) is -3.37. The van der Waals surface area contributed by atoms with E-state index in [9.17, 15) is 19.0 Å². The van der Waals surface area contributed by atoms with Gasteiger partial charge >= 0.3 is 5.97 Å². The number of fused-ring (bicyclic) bond motifs is 1. The first-order chi connectivity index (χ1) is 24.7. The largest absolute Gasteiger partial charge is 0.487 e. The van der Waals surface area contributed by atoms with Crippen molar-refractivity contribution in [3.05, 3.63) is 118 Å². The van der Waals surface area contributed by atoms with Crippen LogP contribution >= 0.6 is 10.8 Å². The number of para-hydroxylation sites is 1. The van der Waals surface area contributed by atoms with Crippen LogP contribution in [-0.4, -0.2) is 67.1 Å². The number of rotatable bonds is 13. The summed E-state index contributed by atoms with van der Waals surface area (Å²) in [6.45, 7) is 12.9. The van der Waals surface area contributed by atoms with Crippen molar-refractivity contribution in [2.75, 3.05) is 6.54 Å². The van der Waals surface area contributed by atoms with Gasteiger partial charge in [0.2, 0.25) is 0 Å². The molecule has 0 aliphatic carbocycles. The summed E-state index contributed by atoms with van der Waals surface area (Å²) < 4.78 is 40.6. The molecule has 6 rings (SSSR count). The smallest absolute Gasteiger partial charge is 0.312 e. The van der Waals surface area contributed by atoms with Crippen LogP contribution in [0.3, 0.4) is 0 Å². The van der Waals surface area contributed by atoms with E-state index in [1.807, 2.05) is 55.1 Å². The van der Waals surface area contributed by atoms with Gasteiger partial charge in [-0.1, -0.05) is 78.9 Å². The highest BCUT2D eigenvalue weighted by Crippen LogP contribution is 2.57. The summed E-state index contributed by atoms with van der Waals surface area (Å²) in [5.74, 6) is -0.253. The molecule has 0 radical (unpaired) electrons. The molecule has 2 unspecified atom stereocenters. The van der Waals surface area contributed by atoms with Gasteiger partial charge in [-0.25, -0.2) is 9.36 Å². The Hall–Kier alpha value is -4.60. The molecule has 2 aromatic heterocycles. The quantitative estimate of drug-likeness (QED) is 0.114. The molecule has 1 aliphatic rings. The molecule has 0 bridgehead atoms. The Morgan fingerprint density at radius 3 is 2.35 bits per heavy atom. The Morgan fingerprint density at radius 1 is 0.962 bits per heavy atom. The fourth-order valence-corrected chi connectivity index (χ4v) is 7.93. The van der Waals surface area contributed by atoms with Gasteiger partial charge in [-0.15, -0.1) is 21.0 Å². The minimum atomic E-state index is -3.37. The lowest BCUT2D eigenvalue weighted by molar-refractivity contribution is -0.158. The second kappa shape index (κ2) is 15.2. The maximum absolute atomic E-state index is 12.6. The Morgan fingerprint density at radius 2 is 1.65 bits per heavy atom. The first kappa shape index (κ1) is 37.2. The number of aliphatic carboxylic acids is 1. The fraction of sp³-hybridized carbons (Fsp3) is 0.395. The lowest BCUT2D eigenvalue weighted by Crippen LogP contribution is -2.34. The summed E-state index contributed by atoms with van der Waals surface area (Å²) in [6, 6.07) is 20.8. The zero-order chi connectivity index (χ0) is 37.2. The van der Waals surface area contributed by atoms with Crippen molar-refractivity contribution in [3.63, 3.8) is 0 Å².